The number of carbonyl (C=O) groups excluding carboxylic acids is 2. The number of aryl methyl sites for hydroxylation is 1. The molecule has 0 saturated heterocycles. The lowest BCUT2D eigenvalue weighted by Crippen LogP contribution is -2.27. The van der Waals surface area contributed by atoms with Gasteiger partial charge < -0.3 is 14.2 Å². The summed E-state index contributed by atoms with van der Waals surface area (Å²) in [7, 11) is 1.38. The first kappa shape index (κ1) is 29.0. The molecule has 3 aromatic carbocycles. The maximum atomic E-state index is 12.8. The Kier molecular flexibility index (Phi) is 9.37. The topological polar surface area (TPSA) is 61.8 Å². The number of ether oxygens (including phenoxy) is 3. The van der Waals surface area contributed by atoms with Gasteiger partial charge in [0, 0.05) is 10.8 Å². The van der Waals surface area contributed by atoms with E-state index in [2.05, 4.69) is 26.0 Å². The molecule has 0 saturated carbocycles. The van der Waals surface area contributed by atoms with Crippen LogP contribution < -0.4 is 9.47 Å². The van der Waals surface area contributed by atoms with E-state index >= 15 is 0 Å². The minimum Gasteiger partial charge on any atom is -0.488 e. The second-order valence-corrected chi connectivity index (χ2v) is 10.7. The fourth-order valence-electron chi connectivity index (χ4n) is 4.66. The van der Waals surface area contributed by atoms with Crippen molar-refractivity contribution in [2.75, 3.05) is 13.7 Å². The maximum Gasteiger partial charge on any atom is 0.341 e. The first-order valence-corrected chi connectivity index (χ1v) is 13.2. The molecule has 0 amide bonds. The molecule has 38 heavy (non-hydrogen) atoms. The van der Waals surface area contributed by atoms with E-state index in [0.717, 1.165) is 35.1 Å². The monoisotopic (exact) mass is 516 g/mol. The summed E-state index contributed by atoms with van der Waals surface area (Å²) in [6.07, 6.45) is 1.66. The van der Waals surface area contributed by atoms with Crippen molar-refractivity contribution >= 4 is 11.8 Å². The Morgan fingerprint density at radius 1 is 0.789 bits per heavy atom. The van der Waals surface area contributed by atoms with Gasteiger partial charge in [-0.15, -0.1) is 0 Å². The van der Waals surface area contributed by atoms with Crippen molar-refractivity contribution < 1.29 is 23.8 Å². The number of benzene rings is 3. The average molecular weight is 517 g/mol. The largest absolute Gasteiger partial charge is 0.488 e. The fourth-order valence-corrected chi connectivity index (χ4v) is 4.66. The molecule has 0 aliphatic heterocycles. The van der Waals surface area contributed by atoms with Gasteiger partial charge in [0.2, 0.25) is 0 Å². The van der Waals surface area contributed by atoms with Gasteiger partial charge in [-0.25, -0.2) is 4.79 Å². The van der Waals surface area contributed by atoms with Gasteiger partial charge in [0.15, 0.2) is 5.78 Å². The maximum absolute atomic E-state index is 12.8. The molecule has 5 nitrogen and oxygen atoms in total. The molecule has 0 unspecified atom stereocenters. The van der Waals surface area contributed by atoms with Crippen LogP contribution in [0.15, 0.2) is 66.7 Å². The van der Waals surface area contributed by atoms with Gasteiger partial charge in [0.1, 0.15) is 30.3 Å². The van der Waals surface area contributed by atoms with Crippen molar-refractivity contribution in [2.24, 2.45) is 5.41 Å². The normalized spacial score (nSPS) is 11.7. The van der Waals surface area contributed by atoms with E-state index in [9.17, 15) is 9.59 Å². The molecular weight excluding hydrogens is 476 g/mol. The molecule has 0 N–H and O–H groups in total. The lowest BCUT2D eigenvalue weighted by Gasteiger charge is -2.34. The Hall–Kier alpha value is -3.60. The predicted octanol–water partition coefficient (Wildman–Crippen LogP) is 7.46. The molecule has 0 atom stereocenters. The third-order valence-electron chi connectivity index (χ3n) is 7.30. The van der Waals surface area contributed by atoms with Crippen LogP contribution in [0.1, 0.15) is 80.1 Å². The van der Waals surface area contributed by atoms with Crippen LogP contribution in [-0.4, -0.2) is 25.5 Å². The summed E-state index contributed by atoms with van der Waals surface area (Å²) in [6, 6.07) is 21.8. The van der Waals surface area contributed by atoms with Crippen molar-refractivity contribution in [3.63, 3.8) is 0 Å². The number of hydrogen-bond donors (Lipinski definition) is 0. The minimum absolute atomic E-state index is 0.0450. The second-order valence-electron chi connectivity index (χ2n) is 10.7. The van der Waals surface area contributed by atoms with Gasteiger partial charge in [-0.1, -0.05) is 83.1 Å². The van der Waals surface area contributed by atoms with E-state index < -0.39 is 11.4 Å². The first-order chi connectivity index (χ1) is 18.1. The van der Waals surface area contributed by atoms with Crippen molar-refractivity contribution in [3.05, 3.63) is 94.5 Å². The fraction of sp³-hybridized carbons (Fsp3) is 0.394. The number of esters is 1. The van der Waals surface area contributed by atoms with Crippen LogP contribution in [0.25, 0.3) is 0 Å². The summed E-state index contributed by atoms with van der Waals surface area (Å²) >= 11 is 0. The summed E-state index contributed by atoms with van der Waals surface area (Å²) < 4.78 is 17.0. The molecule has 5 heteroatoms. The van der Waals surface area contributed by atoms with Crippen molar-refractivity contribution in [2.45, 2.75) is 66.4 Å². The van der Waals surface area contributed by atoms with Crippen LogP contribution >= 0.6 is 0 Å². The van der Waals surface area contributed by atoms with Crippen LogP contribution in [0.4, 0.5) is 0 Å². The Bertz CT molecular complexity index is 1250. The molecule has 0 aliphatic rings. The molecule has 0 radical (unpaired) electrons. The Balaban J connectivity index is 1.95. The van der Waals surface area contributed by atoms with Crippen molar-refractivity contribution in [1.29, 1.82) is 0 Å². The quantitative estimate of drug-likeness (QED) is 0.248. The van der Waals surface area contributed by atoms with Crippen LogP contribution in [0.2, 0.25) is 0 Å². The molecular formula is C33H40O5. The summed E-state index contributed by atoms with van der Waals surface area (Å²) in [4.78, 5) is 25.1. The van der Waals surface area contributed by atoms with E-state index in [4.69, 9.17) is 14.2 Å². The van der Waals surface area contributed by atoms with Gasteiger partial charge in [0.05, 0.1) is 7.11 Å². The molecule has 0 spiro atoms. The van der Waals surface area contributed by atoms with Gasteiger partial charge in [-0.3, -0.25) is 4.79 Å². The minimum atomic E-state index is -0.443. The zero-order valence-corrected chi connectivity index (χ0v) is 23.7. The summed E-state index contributed by atoms with van der Waals surface area (Å²) in [5.41, 5.74) is 3.77. The van der Waals surface area contributed by atoms with E-state index in [1.807, 2.05) is 82.3 Å². The molecule has 3 rings (SSSR count). The van der Waals surface area contributed by atoms with Crippen molar-refractivity contribution in [3.8, 4) is 11.5 Å². The number of hydrogen-bond acceptors (Lipinski definition) is 5. The van der Waals surface area contributed by atoms with Crippen LogP contribution in [0, 0.1) is 12.3 Å². The Morgan fingerprint density at radius 3 is 1.95 bits per heavy atom. The van der Waals surface area contributed by atoms with E-state index in [0.29, 0.717) is 23.7 Å². The molecule has 0 aliphatic carbocycles. The smallest absolute Gasteiger partial charge is 0.341 e. The Morgan fingerprint density at radius 2 is 1.39 bits per heavy atom. The van der Waals surface area contributed by atoms with Crippen LogP contribution in [0.5, 0.6) is 11.5 Å². The molecule has 0 fully saturated rings. The summed E-state index contributed by atoms with van der Waals surface area (Å²) in [6.45, 7) is 12.4. The number of Topliss-reactive ketones (excluding diaryl/α,β-unsaturated/α-hetero) is 1. The number of methoxy groups -OCH3 is 1. The summed E-state index contributed by atoms with van der Waals surface area (Å²) in [5, 5.41) is 0. The molecule has 0 heterocycles. The van der Waals surface area contributed by atoms with Gasteiger partial charge >= 0.3 is 5.97 Å². The average Bonchev–Trinajstić information content (AvgIpc) is 2.92. The predicted molar refractivity (Wildman–Crippen MR) is 151 cm³/mol. The van der Waals surface area contributed by atoms with Gasteiger partial charge in [-0.2, -0.15) is 0 Å². The first-order valence-electron chi connectivity index (χ1n) is 13.2. The third kappa shape index (κ3) is 6.45. The van der Waals surface area contributed by atoms with Gasteiger partial charge in [0.25, 0.3) is 0 Å². The zero-order chi connectivity index (χ0) is 27.9. The highest BCUT2D eigenvalue weighted by Crippen LogP contribution is 2.42. The van der Waals surface area contributed by atoms with E-state index in [1.165, 1.54) is 7.11 Å². The number of ketones is 1. The Labute approximate surface area is 227 Å². The molecule has 202 valence electrons. The summed E-state index contributed by atoms with van der Waals surface area (Å²) in [5.74, 6) is 0.822. The van der Waals surface area contributed by atoms with Crippen LogP contribution in [0.3, 0.4) is 0 Å². The van der Waals surface area contributed by atoms with Crippen LogP contribution in [-0.2, 0) is 21.6 Å². The van der Waals surface area contributed by atoms with E-state index in [1.54, 1.807) is 0 Å². The lowest BCUT2D eigenvalue weighted by atomic mass is 9.70. The molecule has 0 aromatic heterocycles. The number of carbonyl (C=O) groups is 2. The van der Waals surface area contributed by atoms with Crippen molar-refractivity contribution in [1.82, 2.24) is 0 Å². The molecule has 0 bridgehead atoms. The van der Waals surface area contributed by atoms with E-state index in [-0.39, 0.29) is 17.8 Å². The lowest BCUT2D eigenvalue weighted by molar-refractivity contribution is -0.128. The second kappa shape index (κ2) is 12.3. The highest BCUT2D eigenvalue weighted by atomic mass is 16.5. The SMILES string of the molecule is CCC(CC)(c1ccc(OCC(=O)C(C)(C)C)c(C)c1)c1ccc(OCc2ccccc2)c(C(=O)OC)c1. The highest BCUT2D eigenvalue weighted by molar-refractivity contribution is 5.92. The third-order valence-corrected chi connectivity index (χ3v) is 7.30. The standard InChI is InChI=1S/C33H40O5/c1-8-33(9-2,25-15-17-28(23(3)19-25)38-22-30(34)32(4,5)6)26-16-18-29(27(20-26)31(35)36-7)37-21-24-13-11-10-12-14-24/h10-20H,8-9,21-22H2,1-7H3. The molecule has 3 aromatic rings. The number of rotatable bonds is 11. The highest BCUT2D eigenvalue weighted by Gasteiger charge is 2.33. The van der Waals surface area contributed by atoms with Gasteiger partial charge in [-0.05, 0) is 60.2 Å². The zero-order valence-electron chi connectivity index (χ0n) is 23.7.